The van der Waals surface area contributed by atoms with Gasteiger partial charge in [0.2, 0.25) is 0 Å². The SMILES string of the molecule is Cc1sc(SC2=C(O)CC(CCc3ccsc3)(C(C)C)OC2=O)c(C(C)(C)C)c1CO. The minimum Gasteiger partial charge on any atom is -0.511 e. The van der Waals surface area contributed by atoms with Gasteiger partial charge in [0, 0.05) is 11.3 Å². The second-order valence-electron chi connectivity index (χ2n) is 9.50. The van der Waals surface area contributed by atoms with Gasteiger partial charge in [-0.05, 0) is 64.6 Å². The molecule has 0 aliphatic carbocycles. The molecular weight excluding hydrogens is 448 g/mol. The first kappa shape index (κ1) is 24.4. The lowest BCUT2D eigenvalue weighted by atomic mass is 9.80. The van der Waals surface area contributed by atoms with Crippen LogP contribution < -0.4 is 0 Å². The Hall–Kier alpha value is -1.28. The van der Waals surface area contributed by atoms with Gasteiger partial charge < -0.3 is 14.9 Å². The highest BCUT2D eigenvalue weighted by molar-refractivity contribution is 8.05. The van der Waals surface area contributed by atoms with Gasteiger partial charge in [-0.25, -0.2) is 4.79 Å². The molecule has 0 aromatic carbocycles. The second kappa shape index (κ2) is 9.30. The van der Waals surface area contributed by atoms with E-state index in [0.29, 0.717) is 12.8 Å². The topological polar surface area (TPSA) is 66.8 Å². The van der Waals surface area contributed by atoms with Crippen LogP contribution in [0.4, 0.5) is 0 Å². The average Bonchev–Trinajstić information content (AvgIpc) is 3.29. The van der Waals surface area contributed by atoms with Crippen molar-refractivity contribution >= 4 is 40.4 Å². The molecule has 2 aromatic rings. The summed E-state index contributed by atoms with van der Waals surface area (Å²) in [5, 5.41) is 25.0. The quantitative estimate of drug-likeness (QED) is 0.429. The van der Waals surface area contributed by atoms with Crippen molar-refractivity contribution in [3.8, 4) is 0 Å². The minimum atomic E-state index is -0.707. The molecule has 0 saturated carbocycles. The van der Waals surface area contributed by atoms with Gasteiger partial charge in [0.05, 0.1) is 10.8 Å². The molecule has 4 nitrogen and oxygen atoms in total. The van der Waals surface area contributed by atoms with Crippen molar-refractivity contribution in [2.75, 3.05) is 0 Å². The van der Waals surface area contributed by atoms with Crippen molar-refractivity contribution in [1.29, 1.82) is 0 Å². The molecule has 3 rings (SSSR count). The number of aryl methyl sites for hydroxylation is 2. The van der Waals surface area contributed by atoms with Gasteiger partial charge in [-0.1, -0.05) is 46.4 Å². The Labute approximate surface area is 197 Å². The molecule has 1 unspecified atom stereocenters. The smallest absolute Gasteiger partial charge is 0.349 e. The predicted octanol–water partition coefficient (Wildman–Crippen LogP) is 6.74. The minimum absolute atomic E-state index is 0.0377. The highest BCUT2D eigenvalue weighted by Crippen LogP contribution is 2.48. The van der Waals surface area contributed by atoms with Crippen LogP contribution in [0.3, 0.4) is 0 Å². The number of aliphatic hydroxyl groups is 2. The number of esters is 1. The molecule has 1 atom stereocenters. The zero-order chi connectivity index (χ0) is 23.0. The van der Waals surface area contributed by atoms with Gasteiger partial charge in [0.15, 0.2) is 0 Å². The Morgan fingerprint density at radius 3 is 2.55 bits per heavy atom. The summed E-state index contributed by atoms with van der Waals surface area (Å²) >= 11 is 4.49. The first-order valence-corrected chi connectivity index (χ1v) is 13.1. The normalized spacial score (nSPS) is 19.9. The lowest BCUT2D eigenvalue weighted by Crippen LogP contribution is -2.44. The van der Waals surface area contributed by atoms with Crippen LogP contribution in [0.1, 0.15) is 69.0 Å². The van der Waals surface area contributed by atoms with Gasteiger partial charge >= 0.3 is 5.97 Å². The Balaban J connectivity index is 1.91. The Morgan fingerprint density at radius 1 is 1.32 bits per heavy atom. The molecule has 0 fully saturated rings. The molecule has 0 amide bonds. The summed E-state index contributed by atoms with van der Waals surface area (Å²) in [7, 11) is 0. The van der Waals surface area contributed by atoms with E-state index in [1.54, 1.807) is 22.7 Å². The third-order valence-corrected chi connectivity index (χ3v) is 9.13. The van der Waals surface area contributed by atoms with Gasteiger partial charge in [-0.15, -0.1) is 11.3 Å². The van der Waals surface area contributed by atoms with E-state index in [-0.39, 0.29) is 28.6 Å². The fourth-order valence-corrected chi connectivity index (χ4v) is 7.68. The lowest BCUT2D eigenvalue weighted by molar-refractivity contribution is -0.164. The van der Waals surface area contributed by atoms with Gasteiger partial charge in [0.1, 0.15) is 16.3 Å². The van der Waals surface area contributed by atoms with E-state index in [1.807, 2.05) is 26.2 Å². The Morgan fingerprint density at radius 2 is 2.03 bits per heavy atom. The number of cyclic esters (lactones) is 1. The van der Waals surface area contributed by atoms with Crippen molar-refractivity contribution in [3.63, 3.8) is 0 Å². The first-order valence-electron chi connectivity index (χ1n) is 10.6. The van der Waals surface area contributed by atoms with Crippen LogP contribution in [-0.2, 0) is 28.0 Å². The zero-order valence-electron chi connectivity index (χ0n) is 19.1. The number of thioether (sulfide) groups is 1. The van der Waals surface area contributed by atoms with Crippen LogP contribution in [-0.4, -0.2) is 21.8 Å². The van der Waals surface area contributed by atoms with Crippen molar-refractivity contribution in [2.45, 2.75) is 82.6 Å². The predicted molar refractivity (Wildman–Crippen MR) is 130 cm³/mol. The molecule has 1 aliphatic heterocycles. The van der Waals surface area contributed by atoms with Crippen molar-refractivity contribution in [3.05, 3.63) is 49.1 Å². The number of aliphatic hydroxyl groups excluding tert-OH is 2. The molecule has 1 aliphatic rings. The number of rotatable bonds is 7. The molecule has 0 saturated heterocycles. The molecule has 7 heteroatoms. The van der Waals surface area contributed by atoms with Crippen LogP contribution in [0, 0.1) is 12.8 Å². The summed E-state index contributed by atoms with van der Waals surface area (Å²) in [4.78, 5) is 14.4. The Bertz CT molecular complexity index is 964. The lowest BCUT2D eigenvalue weighted by Gasteiger charge is -2.40. The second-order valence-corrected chi connectivity index (χ2v) is 12.8. The van der Waals surface area contributed by atoms with Gasteiger partial charge in [-0.2, -0.15) is 11.3 Å². The van der Waals surface area contributed by atoms with Gasteiger partial charge in [-0.3, -0.25) is 0 Å². The van der Waals surface area contributed by atoms with E-state index in [9.17, 15) is 15.0 Å². The van der Waals surface area contributed by atoms with E-state index >= 15 is 0 Å². The van der Waals surface area contributed by atoms with Crippen LogP contribution in [0.5, 0.6) is 0 Å². The first-order chi connectivity index (χ1) is 14.5. The molecule has 0 radical (unpaired) electrons. The highest BCUT2D eigenvalue weighted by Gasteiger charge is 2.45. The molecule has 31 heavy (non-hydrogen) atoms. The largest absolute Gasteiger partial charge is 0.511 e. The monoisotopic (exact) mass is 480 g/mol. The van der Waals surface area contributed by atoms with E-state index < -0.39 is 11.6 Å². The molecule has 2 N–H and O–H groups in total. The van der Waals surface area contributed by atoms with Crippen LogP contribution in [0.15, 0.2) is 31.7 Å². The maximum Gasteiger partial charge on any atom is 0.349 e. The fraction of sp³-hybridized carbons (Fsp3) is 0.542. The van der Waals surface area contributed by atoms with Crippen molar-refractivity contribution in [1.82, 2.24) is 0 Å². The Kier molecular flexibility index (Phi) is 7.31. The maximum atomic E-state index is 13.1. The molecule has 0 bridgehead atoms. The number of hydrogen-bond donors (Lipinski definition) is 2. The number of carbonyl (C=O) groups is 1. The van der Waals surface area contributed by atoms with Gasteiger partial charge in [0.25, 0.3) is 0 Å². The maximum absolute atomic E-state index is 13.1. The number of hydrogen-bond acceptors (Lipinski definition) is 7. The molecule has 2 aromatic heterocycles. The third-order valence-electron chi connectivity index (χ3n) is 5.96. The summed E-state index contributed by atoms with van der Waals surface area (Å²) in [5.74, 6) is -0.264. The molecular formula is C24H32O4S3. The highest BCUT2D eigenvalue weighted by atomic mass is 32.2. The van der Waals surface area contributed by atoms with Crippen LogP contribution in [0.2, 0.25) is 0 Å². The number of ether oxygens (including phenoxy) is 1. The summed E-state index contributed by atoms with van der Waals surface area (Å²) in [6.07, 6.45) is 1.81. The van der Waals surface area contributed by atoms with E-state index in [4.69, 9.17) is 4.74 Å². The fourth-order valence-electron chi connectivity index (χ4n) is 4.05. The van der Waals surface area contributed by atoms with E-state index in [1.165, 1.54) is 17.3 Å². The zero-order valence-corrected chi connectivity index (χ0v) is 21.5. The third kappa shape index (κ3) is 5.05. The number of thiophene rings is 2. The average molecular weight is 481 g/mol. The molecule has 3 heterocycles. The van der Waals surface area contributed by atoms with Crippen molar-refractivity contribution in [2.24, 2.45) is 5.92 Å². The summed E-state index contributed by atoms with van der Waals surface area (Å²) in [6.45, 7) is 12.3. The molecule has 170 valence electrons. The molecule has 0 spiro atoms. The van der Waals surface area contributed by atoms with Crippen LogP contribution >= 0.6 is 34.4 Å². The van der Waals surface area contributed by atoms with Crippen molar-refractivity contribution < 1.29 is 19.7 Å². The van der Waals surface area contributed by atoms with E-state index in [0.717, 1.165) is 26.6 Å². The van der Waals surface area contributed by atoms with Crippen LogP contribution in [0.25, 0.3) is 0 Å². The summed E-state index contributed by atoms with van der Waals surface area (Å²) < 4.78 is 6.99. The standard InChI is InChI=1S/C24H32O4S3/c1-14(2)24(9-7-16-8-10-29-13-16)11-18(26)20(21(27)28-24)31-22-19(23(4,5)6)17(12-25)15(3)30-22/h8,10,13-14,25-26H,7,9,11-12H2,1-6H3. The number of carbonyl (C=O) groups excluding carboxylic acids is 1. The summed E-state index contributed by atoms with van der Waals surface area (Å²) in [6, 6.07) is 2.09. The summed E-state index contributed by atoms with van der Waals surface area (Å²) in [5.41, 5.74) is 2.28. The van der Waals surface area contributed by atoms with E-state index in [2.05, 4.69) is 32.2 Å².